The van der Waals surface area contributed by atoms with Gasteiger partial charge in [-0.2, -0.15) is 0 Å². The van der Waals surface area contributed by atoms with Crippen LogP contribution in [0.4, 0.5) is 11.4 Å². The number of pyridine rings is 1. The molecule has 1 rings (SSSR count). The van der Waals surface area contributed by atoms with Gasteiger partial charge in [-0.1, -0.05) is 0 Å². The number of nitrogens with zero attached hydrogens (tertiary/aromatic N) is 2. The average Bonchev–Trinajstić information content (AvgIpc) is 2.15. The topological polar surface area (TPSA) is 94.1 Å². The minimum atomic E-state index is -0.476. The Morgan fingerprint density at radius 2 is 2.50 bits per heavy atom. The fourth-order valence-electron chi connectivity index (χ4n) is 0.952. The Bertz CT molecular complexity index is 327. The van der Waals surface area contributed by atoms with Gasteiger partial charge < -0.3 is 11.1 Å². The molecule has 0 aromatic carbocycles. The summed E-state index contributed by atoms with van der Waals surface area (Å²) in [4.78, 5) is 13.8. The maximum atomic E-state index is 10.6. The van der Waals surface area contributed by atoms with Crippen LogP contribution in [0.25, 0.3) is 0 Å². The van der Waals surface area contributed by atoms with Crippen molar-refractivity contribution in [2.24, 2.45) is 5.73 Å². The first kappa shape index (κ1) is 10.4. The smallest absolute Gasteiger partial charge is 0.310 e. The van der Waals surface area contributed by atoms with Gasteiger partial charge in [-0.25, -0.2) is 0 Å². The van der Waals surface area contributed by atoms with Gasteiger partial charge in [-0.3, -0.25) is 15.1 Å². The predicted molar refractivity (Wildman–Crippen MR) is 53.0 cm³/mol. The minimum Gasteiger partial charge on any atom is -0.378 e. The fraction of sp³-hybridized carbons (Fsp3) is 0.375. The molecule has 6 heteroatoms. The summed E-state index contributed by atoms with van der Waals surface area (Å²) in [7, 11) is 0. The highest BCUT2D eigenvalue weighted by molar-refractivity contribution is 5.59. The number of aromatic nitrogens is 1. The lowest BCUT2D eigenvalue weighted by atomic mass is 10.3. The molecule has 14 heavy (non-hydrogen) atoms. The molecule has 0 fully saturated rings. The van der Waals surface area contributed by atoms with Gasteiger partial charge in [0.2, 0.25) is 0 Å². The number of anilines is 1. The highest BCUT2D eigenvalue weighted by Crippen LogP contribution is 2.21. The zero-order valence-electron chi connectivity index (χ0n) is 7.80. The number of nitro groups is 1. The monoisotopic (exact) mass is 196 g/mol. The van der Waals surface area contributed by atoms with Crippen molar-refractivity contribution in [2.75, 3.05) is 11.9 Å². The second-order valence-corrected chi connectivity index (χ2v) is 3.01. The van der Waals surface area contributed by atoms with Crippen molar-refractivity contribution in [3.8, 4) is 0 Å². The minimum absolute atomic E-state index is 0.0341. The fourth-order valence-corrected chi connectivity index (χ4v) is 0.952. The highest BCUT2D eigenvalue weighted by atomic mass is 16.6. The number of nitrogens with two attached hydrogens (primary N) is 1. The van der Waals surface area contributed by atoms with Crippen molar-refractivity contribution in [2.45, 2.75) is 13.0 Å². The van der Waals surface area contributed by atoms with Crippen LogP contribution in [0, 0.1) is 10.1 Å². The quantitative estimate of drug-likeness (QED) is 0.547. The summed E-state index contributed by atoms with van der Waals surface area (Å²) in [5.74, 6) is 0. The van der Waals surface area contributed by atoms with Crippen LogP contribution in [0.2, 0.25) is 0 Å². The Morgan fingerprint density at radius 1 is 1.79 bits per heavy atom. The van der Waals surface area contributed by atoms with Crippen molar-refractivity contribution in [3.05, 3.63) is 28.6 Å². The van der Waals surface area contributed by atoms with Crippen LogP contribution >= 0.6 is 0 Å². The molecule has 0 aliphatic rings. The van der Waals surface area contributed by atoms with E-state index in [4.69, 9.17) is 5.73 Å². The van der Waals surface area contributed by atoms with Crippen LogP contribution < -0.4 is 11.1 Å². The third kappa shape index (κ3) is 2.67. The van der Waals surface area contributed by atoms with Crippen molar-refractivity contribution < 1.29 is 4.92 Å². The Morgan fingerprint density at radius 3 is 3.07 bits per heavy atom. The number of hydrogen-bond donors (Lipinski definition) is 2. The van der Waals surface area contributed by atoms with E-state index in [1.165, 1.54) is 12.4 Å². The zero-order valence-corrected chi connectivity index (χ0v) is 7.80. The van der Waals surface area contributed by atoms with Crippen molar-refractivity contribution in [3.63, 3.8) is 0 Å². The first-order chi connectivity index (χ1) is 6.61. The standard InChI is InChI=1S/C8H12N4O2/c1-6(9)4-11-7-2-3-10-5-8(7)12(13)14/h2-3,5-6H,4,9H2,1H3,(H,10,11). The van der Waals surface area contributed by atoms with E-state index in [2.05, 4.69) is 10.3 Å². The molecule has 0 radical (unpaired) electrons. The van der Waals surface area contributed by atoms with Gasteiger partial charge >= 0.3 is 5.69 Å². The lowest BCUT2D eigenvalue weighted by Crippen LogP contribution is -2.25. The normalized spacial score (nSPS) is 12.1. The largest absolute Gasteiger partial charge is 0.378 e. The molecule has 3 N–H and O–H groups in total. The Hall–Kier alpha value is -1.69. The first-order valence-electron chi connectivity index (χ1n) is 4.19. The van der Waals surface area contributed by atoms with Crippen LogP contribution in [-0.2, 0) is 0 Å². The Balaban J connectivity index is 2.79. The molecule has 0 spiro atoms. The molecule has 1 unspecified atom stereocenters. The molecular weight excluding hydrogens is 184 g/mol. The molecule has 1 heterocycles. The molecular formula is C8H12N4O2. The molecule has 1 atom stereocenters. The lowest BCUT2D eigenvalue weighted by molar-refractivity contribution is -0.384. The number of nitrogens with one attached hydrogen (secondary N) is 1. The van der Waals surface area contributed by atoms with Crippen molar-refractivity contribution in [1.82, 2.24) is 4.98 Å². The summed E-state index contributed by atoms with van der Waals surface area (Å²) in [6, 6.07) is 1.50. The van der Waals surface area contributed by atoms with Gasteiger partial charge in [0, 0.05) is 18.8 Å². The summed E-state index contributed by atoms with van der Waals surface area (Å²) in [6.07, 6.45) is 2.71. The molecule has 0 bridgehead atoms. The van der Waals surface area contributed by atoms with E-state index in [-0.39, 0.29) is 11.7 Å². The van der Waals surface area contributed by atoms with Gasteiger partial charge in [0.05, 0.1) is 4.92 Å². The van der Waals surface area contributed by atoms with Crippen LogP contribution in [0.3, 0.4) is 0 Å². The third-order valence-corrected chi connectivity index (χ3v) is 1.61. The van der Waals surface area contributed by atoms with E-state index in [1.54, 1.807) is 6.07 Å². The summed E-state index contributed by atoms with van der Waals surface area (Å²) in [5, 5.41) is 13.4. The van der Waals surface area contributed by atoms with Crippen LogP contribution in [0.5, 0.6) is 0 Å². The first-order valence-corrected chi connectivity index (χ1v) is 4.19. The van der Waals surface area contributed by atoms with Gasteiger partial charge in [0.1, 0.15) is 11.9 Å². The maximum absolute atomic E-state index is 10.6. The maximum Gasteiger partial charge on any atom is 0.310 e. The molecule has 0 aliphatic heterocycles. The summed E-state index contributed by atoms with van der Waals surface area (Å²) >= 11 is 0. The van der Waals surface area contributed by atoms with Crippen LogP contribution in [0.15, 0.2) is 18.5 Å². The Kier molecular flexibility index (Phi) is 3.35. The summed E-state index contributed by atoms with van der Waals surface area (Å²) in [5.41, 5.74) is 5.93. The molecule has 0 amide bonds. The second-order valence-electron chi connectivity index (χ2n) is 3.01. The molecule has 0 saturated carbocycles. The van der Waals surface area contributed by atoms with Crippen LogP contribution in [0.1, 0.15) is 6.92 Å². The highest BCUT2D eigenvalue weighted by Gasteiger charge is 2.12. The Labute approximate surface area is 81.3 Å². The van der Waals surface area contributed by atoms with Crippen molar-refractivity contribution in [1.29, 1.82) is 0 Å². The van der Waals surface area contributed by atoms with Gasteiger partial charge in [-0.05, 0) is 13.0 Å². The molecule has 6 nitrogen and oxygen atoms in total. The van der Waals surface area contributed by atoms with E-state index >= 15 is 0 Å². The third-order valence-electron chi connectivity index (χ3n) is 1.61. The number of rotatable bonds is 4. The summed E-state index contributed by atoms with van der Waals surface area (Å²) < 4.78 is 0. The van der Waals surface area contributed by atoms with Gasteiger partial charge in [0.25, 0.3) is 0 Å². The average molecular weight is 196 g/mol. The zero-order chi connectivity index (χ0) is 10.6. The predicted octanol–water partition coefficient (Wildman–Crippen LogP) is 0.749. The van der Waals surface area contributed by atoms with E-state index in [1.807, 2.05) is 6.92 Å². The second kappa shape index (κ2) is 4.52. The van der Waals surface area contributed by atoms with E-state index in [0.29, 0.717) is 12.2 Å². The molecule has 76 valence electrons. The van der Waals surface area contributed by atoms with E-state index in [9.17, 15) is 10.1 Å². The molecule has 0 aliphatic carbocycles. The SMILES string of the molecule is CC(N)CNc1ccncc1[N+](=O)[O-]. The van der Waals surface area contributed by atoms with E-state index in [0.717, 1.165) is 0 Å². The number of hydrogen-bond acceptors (Lipinski definition) is 5. The molecule has 1 aromatic rings. The van der Waals surface area contributed by atoms with Crippen LogP contribution in [-0.4, -0.2) is 22.5 Å². The van der Waals surface area contributed by atoms with Gasteiger partial charge in [0.15, 0.2) is 0 Å². The molecule has 0 saturated heterocycles. The van der Waals surface area contributed by atoms with E-state index < -0.39 is 4.92 Å². The van der Waals surface area contributed by atoms with Gasteiger partial charge in [-0.15, -0.1) is 0 Å². The lowest BCUT2D eigenvalue weighted by Gasteiger charge is -2.08. The molecule has 1 aromatic heterocycles. The van der Waals surface area contributed by atoms with Crippen molar-refractivity contribution >= 4 is 11.4 Å². The summed E-state index contributed by atoms with van der Waals surface area (Å²) in [6.45, 7) is 2.31.